The van der Waals surface area contributed by atoms with E-state index in [1.807, 2.05) is 31.2 Å². The fourth-order valence-corrected chi connectivity index (χ4v) is 4.21. The van der Waals surface area contributed by atoms with Gasteiger partial charge in [-0.15, -0.1) is 0 Å². The molecule has 0 saturated carbocycles. The SMILES string of the molecule is CCCOc1ccc(C2C(C(=O)c3ccc(C)o3)=C([O-])C(=O)N2CCC[NH+](CC)CC)cc1. The number of ketones is 1. The van der Waals surface area contributed by atoms with Crippen LogP contribution in [0.4, 0.5) is 0 Å². The van der Waals surface area contributed by atoms with Gasteiger partial charge < -0.3 is 24.1 Å². The first-order chi connectivity index (χ1) is 15.9. The molecule has 33 heavy (non-hydrogen) atoms. The number of nitrogens with one attached hydrogen (secondary N) is 1. The molecule has 1 aliphatic rings. The number of rotatable bonds is 12. The smallest absolute Gasteiger partial charge is 0.239 e. The van der Waals surface area contributed by atoms with Gasteiger partial charge in [0.15, 0.2) is 5.76 Å². The molecular formula is C26H34N2O5. The number of carbonyl (C=O) groups excluding carboxylic acids is 2. The third-order valence-corrected chi connectivity index (χ3v) is 6.09. The molecule has 0 radical (unpaired) electrons. The van der Waals surface area contributed by atoms with Gasteiger partial charge in [0.25, 0.3) is 0 Å². The van der Waals surface area contributed by atoms with Crippen molar-refractivity contribution in [3.05, 3.63) is 64.8 Å². The Bertz CT molecular complexity index is 988. The van der Waals surface area contributed by atoms with Crippen LogP contribution in [0.2, 0.25) is 0 Å². The van der Waals surface area contributed by atoms with Gasteiger partial charge >= 0.3 is 0 Å². The van der Waals surface area contributed by atoms with Crippen molar-refractivity contribution >= 4 is 11.7 Å². The van der Waals surface area contributed by atoms with Crippen LogP contribution in [0.15, 0.2) is 52.1 Å². The fraction of sp³-hybridized carbons (Fsp3) is 0.462. The first-order valence-corrected chi connectivity index (χ1v) is 11.8. The number of nitrogens with zero attached hydrogens (tertiary/aromatic N) is 1. The van der Waals surface area contributed by atoms with E-state index in [-0.39, 0.29) is 11.3 Å². The highest BCUT2D eigenvalue weighted by Gasteiger charge is 2.40. The number of hydrogen-bond acceptors (Lipinski definition) is 5. The van der Waals surface area contributed by atoms with Gasteiger partial charge in [-0.25, -0.2) is 0 Å². The van der Waals surface area contributed by atoms with Crippen molar-refractivity contribution in [1.82, 2.24) is 4.90 Å². The van der Waals surface area contributed by atoms with E-state index in [0.717, 1.165) is 32.5 Å². The molecule has 2 aromatic rings. The monoisotopic (exact) mass is 454 g/mol. The Morgan fingerprint density at radius 3 is 2.39 bits per heavy atom. The Hall–Kier alpha value is -3.06. The molecule has 1 aromatic heterocycles. The zero-order valence-electron chi connectivity index (χ0n) is 20.0. The van der Waals surface area contributed by atoms with E-state index in [9.17, 15) is 14.7 Å². The van der Waals surface area contributed by atoms with E-state index in [2.05, 4.69) is 13.8 Å². The fourth-order valence-electron chi connectivity index (χ4n) is 4.21. The zero-order valence-corrected chi connectivity index (χ0v) is 20.0. The summed E-state index contributed by atoms with van der Waals surface area (Å²) >= 11 is 0. The maximum absolute atomic E-state index is 13.3. The maximum atomic E-state index is 13.3. The van der Waals surface area contributed by atoms with Crippen molar-refractivity contribution in [2.24, 2.45) is 0 Å². The molecular weight excluding hydrogens is 420 g/mol. The lowest BCUT2D eigenvalue weighted by Crippen LogP contribution is -3.11. The van der Waals surface area contributed by atoms with E-state index in [4.69, 9.17) is 9.15 Å². The quantitative estimate of drug-likeness (QED) is 0.496. The Morgan fingerprint density at radius 1 is 1.12 bits per heavy atom. The lowest BCUT2D eigenvalue weighted by atomic mass is 9.95. The highest BCUT2D eigenvalue weighted by molar-refractivity contribution is 6.14. The van der Waals surface area contributed by atoms with Crippen LogP contribution in [0.5, 0.6) is 5.75 Å². The van der Waals surface area contributed by atoms with Crippen LogP contribution in [-0.4, -0.2) is 49.4 Å². The van der Waals surface area contributed by atoms with Crippen LogP contribution in [0.1, 0.15) is 61.5 Å². The Morgan fingerprint density at radius 2 is 1.82 bits per heavy atom. The molecule has 178 valence electrons. The number of amides is 1. The number of Topliss-reactive ketones (excluding diaryl/α,β-unsaturated/α-hetero) is 1. The average Bonchev–Trinajstić information content (AvgIpc) is 3.37. The van der Waals surface area contributed by atoms with Crippen molar-refractivity contribution in [3.63, 3.8) is 0 Å². The number of ether oxygens (including phenoxy) is 1. The molecule has 2 heterocycles. The number of benzene rings is 1. The van der Waals surface area contributed by atoms with Crippen LogP contribution < -0.4 is 14.7 Å². The van der Waals surface area contributed by atoms with Gasteiger partial charge in [0, 0.05) is 18.5 Å². The largest absolute Gasteiger partial charge is 0.868 e. The van der Waals surface area contributed by atoms with Gasteiger partial charge in [-0.2, -0.15) is 0 Å². The summed E-state index contributed by atoms with van der Waals surface area (Å²) in [5, 5.41) is 13.0. The molecule has 1 unspecified atom stereocenters. The van der Waals surface area contributed by atoms with E-state index < -0.39 is 23.5 Å². The van der Waals surface area contributed by atoms with Crippen LogP contribution >= 0.6 is 0 Å². The Labute approximate surface area is 195 Å². The van der Waals surface area contributed by atoms with Crippen molar-refractivity contribution in [2.75, 3.05) is 32.8 Å². The molecule has 1 aliphatic heterocycles. The summed E-state index contributed by atoms with van der Waals surface area (Å²) in [5.74, 6) is -0.556. The molecule has 1 atom stereocenters. The third kappa shape index (κ3) is 5.47. The minimum atomic E-state index is -0.749. The molecule has 7 nitrogen and oxygen atoms in total. The second kappa shape index (κ2) is 11.2. The van der Waals surface area contributed by atoms with Crippen LogP contribution in [-0.2, 0) is 4.79 Å². The lowest BCUT2D eigenvalue weighted by molar-refractivity contribution is -0.896. The van der Waals surface area contributed by atoms with Crippen molar-refractivity contribution < 1.29 is 28.7 Å². The van der Waals surface area contributed by atoms with Gasteiger partial charge in [0.1, 0.15) is 11.5 Å². The maximum Gasteiger partial charge on any atom is 0.239 e. The van der Waals surface area contributed by atoms with Crippen LogP contribution in [0.25, 0.3) is 0 Å². The summed E-state index contributed by atoms with van der Waals surface area (Å²) in [6.07, 6.45) is 1.64. The summed E-state index contributed by atoms with van der Waals surface area (Å²) < 4.78 is 11.2. The molecule has 0 aliphatic carbocycles. The molecule has 0 saturated heterocycles. The molecule has 1 aromatic carbocycles. The average molecular weight is 455 g/mol. The number of aryl methyl sites for hydroxylation is 1. The number of quaternary nitrogens is 1. The van der Waals surface area contributed by atoms with Gasteiger partial charge in [-0.3, -0.25) is 9.59 Å². The Balaban J connectivity index is 1.92. The predicted octanol–water partition coefficient (Wildman–Crippen LogP) is 2.07. The summed E-state index contributed by atoms with van der Waals surface area (Å²) in [5.41, 5.74) is 0.659. The van der Waals surface area contributed by atoms with Gasteiger partial charge in [-0.05, 0) is 62.8 Å². The predicted molar refractivity (Wildman–Crippen MR) is 123 cm³/mol. The number of carbonyl (C=O) groups is 2. The normalized spacial score (nSPS) is 16.2. The van der Waals surface area contributed by atoms with Gasteiger partial charge in [-0.1, -0.05) is 19.1 Å². The van der Waals surface area contributed by atoms with Crippen molar-refractivity contribution in [1.29, 1.82) is 0 Å². The molecule has 1 N–H and O–H groups in total. The van der Waals surface area contributed by atoms with E-state index in [1.54, 1.807) is 19.1 Å². The van der Waals surface area contributed by atoms with Crippen LogP contribution in [0.3, 0.4) is 0 Å². The topological polar surface area (TPSA) is 87.2 Å². The first kappa shape index (κ1) is 24.6. The first-order valence-electron chi connectivity index (χ1n) is 11.8. The second-order valence-electron chi connectivity index (χ2n) is 8.36. The summed E-state index contributed by atoms with van der Waals surface area (Å²) in [6.45, 7) is 11.9. The summed E-state index contributed by atoms with van der Waals surface area (Å²) in [6, 6.07) is 9.76. The number of furan rings is 1. The van der Waals surface area contributed by atoms with Gasteiger partial charge in [0.05, 0.1) is 32.3 Å². The van der Waals surface area contributed by atoms with Crippen molar-refractivity contribution in [3.8, 4) is 5.75 Å². The van der Waals surface area contributed by atoms with Gasteiger partial charge in [0.2, 0.25) is 11.7 Å². The van der Waals surface area contributed by atoms with E-state index in [0.29, 0.717) is 30.2 Å². The van der Waals surface area contributed by atoms with E-state index >= 15 is 0 Å². The molecule has 1 amide bonds. The standard InChI is InChI=1S/C26H34N2O5/c1-5-17-32-20-12-10-19(11-13-20)23-22(24(29)21-14-9-18(4)33-21)25(30)26(31)28(23)16-8-15-27(6-2)7-3/h9-14,23,30H,5-8,15-17H2,1-4H3. The van der Waals surface area contributed by atoms with Crippen LogP contribution in [0, 0.1) is 6.92 Å². The second-order valence-corrected chi connectivity index (χ2v) is 8.36. The number of hydrogen-bond donors (Lipinski definition) is 1. The van der Waals surface area contributed by atoms with Crippen molar-refractivity contribution in [2.45, 2.75) is 46.6 Å². The molecule has 0 spiro atoms. The minimum absolute atomic E-state index is 0.0493. The molecule has 0 fully saturated rings. The lowest BCUT2D eigenvalue weighted by Gasteiger charge is -2.28. The molecule has 3 rings (SSSR count). The molecule has 7 heteroatoms. The van der Waals surface area contributed by atoms with E-state index in [1.165, 1.54) is 9.80 Å². The highest BCUT2D eigenvalue weighted by atomic mass is 16.5. The Kier molecular flexibility index (Phi) is 8.33. The minimum Gasteiger partial charge on any atom is -0.868 e. The molecule has 0 bridgehead atoms. The highest BCUT2D eigenvalue weighted by Crippen LogP contribution is 2.38. The summed E-state index contributed by atoms with van der Waals surface area (Å²) in [4.78, 5) is 29.2. The zero-order chi connectivity index (χ0) is 24.0. The summed E-state index contributed by atoms with van der Waals surface area (Å²) in [7, 11) is 0. The third-order valence-electron chi connectivity index (χ3n) is 6.09.